The molecule has 4 rings (SSSR count). The van der Waals surface area contributed by atoms with Crippen LogP contribution in [0.1, 0.15) is 22.8 Å². The van der Waals surface area contributed by atoms with Crippen LogP contribution in [0, 0.1) is 12.7 Å². The summed E-state index contributed by atoms with van der Waals surface area (Å²) in [5.74, 6) is 0.996. The maximum absolute atomic E-state index is 14.4. The molecular weight excluding hydrogens is 321 g/mol. The number of halogens is 1. The molecule has 0 aliphatic carbocycles. The fourth-order valence-electron chi connectivity index (χ4n) is 2.97. The first-order valence-corrected chi connectivity index (χ1v) is 7.62. The highest BCUT2D eigenvalue weighted by atomic mass is 19.1. The second-order valence-corrected chi connectivity index (χ2v) is 5.55. The lowest BCUT2D eigenvalue weighted by molar-refractivity contribution is 0.565. The minimum absolute atomic E-state index is 0.269. The predicted molar refractivity (Wildman–Crippen MR) is 89.6 cm³/mol. The van der Waals surface area contributed by atoms with E-state index in [1.807, 2.05) is 11.5 Å². The van der Waals surface area contributed by atoms with Crippen molar-refractivity contribution in [3.05, 3.63) is 71.1 Å². The van der Waals surface area contributed by atoms with Gasteiger partial charge in [0.25, 0.3) is 0 Å². The van der Waals surface area contributed by atoms with Crippen molar-refractivity contribution < 1.29 is 9.18 Å². The SMILES string of the molecule is Cc1nnc2n1-c1ccc(N=C=O)cc1C(c1ccccc1F)=NC2. The third kappa shape index (κ3) is 2.47. The van der Waals surface area contributed by atoms with Crippen LogP contribution in [0.5, 0.6) is 0 Å². The standard InChI is InChI=1S/C18H12FN5O/c1-11-22-23-17-9-20-18(13-4-2-3-5-15(13)19)14-8-12(21-10-25)6-7-16(14)24(11)17/h2-8H,9H2,1H3. The molecule has 0 spiro atoms. The van der Waals surface area contributed by atoms with Crippen LogP contribution in [-0.4, -0.2) is 26.6 Å². The Bertz CT molecular complexity index is 1060. The molecule has 0 N–H and O–H groups in total. The number of nitrogens with zero attached hydrogens (tertiary/aromatic N) is 5. The Balaban J connectivity index is 2.03. The number of hydrogen-bond donors (Lipinski definition) is 0. The number of rotatable bonds is 2. The van der Waals surface area contributed by atoms with Gasteiger partial charge >= 0.3 is 0 Å². The number of aliphatic imine (C=N–C) groups is 2. The number of carbonyl (C=O) groups excluding carboxylic acids is 1. The van der Waals surface area contributed by atoms with Gasteiger partial charge in [-0.1, -0.05) is 12.1 Å². The van der Waals surface area contributed by atoms with Crippen molar-refractivity contribution in [2.24, 2.45) is 9.98 Å². The predicted octanol–water partition coefficient (Wildman–Crippen LogP) is 3.03. The lowest BCUT2D eigenvalue weighted by Gasteiger charge is -2.13. The number of aromatic nitrogens is 3. The third-order valence-corrected chi connectivity index (χ3v) is 4.05. The molecule has 0 bridgehead atoms. The van der Waals surface area contributed by atoms with Crippen molar-refractivity contribution in [2.45, 2.75) is 13.5 Å². The van der Waals surface area contributed by atoms with E-state index >= 15 is 0 Å². The first-order chi connectivity index (χ1) is 12.2. The molecule has 122 valence electrons. The molecule has 25 heavy (non-hydrogen) atoms. The minimum atomic E-state index is -0.370. The smallest absolute Gasteiger partial charge is 0.240 e. The van der Waals surface area contributed by atoms with Gasteiger partial charge in [0.1, 0.15) is 18.2 Å². The zero-order valence-corrected chi connectivity index (χ0v) is 13.3. The highest BCUT2D eigenvalue weighted by molar-refractivity contribution is 6.15. The zero-order chi connectivity index (χ0) is 17.4. The number of benzene rings is 2. The van der Waals surface area contributed by atoms with Gasteiger partial charge in [0, 0.05) is 11.1 Å². The van der Waals surface area contributed by atoms with Gasteiger partial charge in [0.05, 0.1) is 17.1 Å². The van der Waals surface area contributed by atoms with Crippen LogP contribution in [0.25, 0.3) is 5.69 Å². The van der Waals surface area contributed by atoms with Gasteiger partial charge in [-0.3, -0.25) is 9.56 Å². The summed E-state index contributed by atoms with van der Waals surface area (Å²) in [6.07, 6.45) is 1.53. The molecule has 2 aromatic carbocycles. The number of aryl methyl sites for hydroxylation is 1. The lowest BCUT2D eigenvalue weighted by atomic mass is 9.99. The average molecular weight is 333 g/mol. The Morgan fingerprint density at radius 3 is 2.80 bits per heavy atom. The molecule has 6 nitrogen and oxygen atoms in total. The normalized spacial score (nSPS) is 12.5. The maximum Gasteiger partial charge on any atom is 0.240 e. The van der Waals surface area contributed by atoms with Gasteiger partial charge < -0.3 is 0 Å². The van der Waals surface area contributed by atoms with Crippen molar-refractivity contribution in [2.75, 3.05) is 0 Å². The first-order valence-electron chi connectivity index (χ1n) is 7.62. The van der Waals surface area contributed by atoms with Crippen LogP contribution in [-0.2, 0) is 11.3 Å². The van der Waals surface area contributed by atoms with E-state index in [2.05, 4.69) is 20.2 Å². The van der Waals surface area contributed by atoms with Crippen LogP contribution in [0.4, 0.5) is 10.1 Å². The van der Waals surface area contributed by atoms with E-state index in [0.717, 1.165) is 5.69 Å². The van der Waals surface area contributed by atoms with Gasteiger partial charge in [0.2, 0.25) is 6.08 Å². The average Bonchev–Trinajstić information content (AvgIpc) is 2.89. The first kappa shape index (κ1) is 15.1. The third-order valence-electron chi connectivity index (χ3n) is 4.05. The molecule has 0 radical (unpaired) electrons. The number of hydrogen-bond acceptors (Lipinski definition) is 5. The highest BCUT2D eigenvalue weighted by Crippen LogP contribution is 2.29. The summed E-state index contributed by atoms with van der Waals surface area (Å²) in [5, 5.41) is 8.25. The molecule has 1 aliphatic heterocycles. The van der Waals surface area contributed by atoms with Crippen LogP contribution in [0.15, 0.2) is 52.4 Å². The highest BCUT2D eigenvalue weighted by Gasteiger charge is 2.23. The summed E-state index contributed by atoms with van der Waals surface area (Å²) < 4.78 is 16.3. The van der Waals surface area contributed by atoms with Crippen molar-refractivity contribution in [3.8, 4) is 5.69 Å². The quantitative estimate of drug-likeness (QED) is 0.534. The van der Waals surface area contributed by atoms with Gasteiger partial charge in [0.15, 0.2) is 5.82 Å². The zero-order valence-electron chi connectivity index (χ0n) is 13.3. The molecule has 3 aromatic rings. The largest absolute Gasteiger partial charge is 0.281 e. The molecule has 2 heterocycles. The van der Waals surface area contributed by atoms with Crippen molar-refractivity contribution in [1.29, 1.82) is 0 Å². The van der Waals surface area contributed by atoms with Crippen LogP contribution in [0.2, 0.25) is 0 Å². The minimum Gasteiger partial charge on any atom is -0.281 e. The second-order valence-electron chi connectivity index (χ2n) is 5.55. The van der Waals surface area contributed by atoms with Gasteiger partial charge in [-0.2, -0.15) is 4.99 Å². The summed E-state index contributed by atoms with van der Waals surface area (Å²) in [4.78, 5) is 18.9. The molecular formula is C18H12FN5O. The van der Waals surface area contributed by atoms with E-state index in [4.69, 9.17) is 0 Å². The van der Waals surface area contributed by atoms with Gasteiger partial charge in [-0.25, -0.2) is 9.18 Å². The van der Waals surface area contributed by atoms with Crippen molar-refractivity contribution in [3.63, 3.8) is 0 Å². The monoisotopic (exact) mass is 333 g/mol. The van der Waals surface area contributed by atoms with E-state index in [1.165, 1.54) is 12.1 Å². The fourth-order valence-corrected chi connectivity index (χ4v) is 2.97. The molecule has 0 saturated carbocycles. The summed E-state index contributed by atoms with van der Waals surface area (Å²) in [5.41, 5.74) is 2.71. The summed E-state index contributed by atoms with van der Waals surface area (Å²) in [6, 6.07) is 11.6. The van der Waals surface area contributed by atoms with Gasteiger partial charge in [-0.05, 0) is 37.3 Å². The van der Waals surface area contributed by atoms with E-state index in [1.54, 1.807) is 36.4 Å². The Kier molecular flexibility index (Phi) is 3.56. The van der Waals surface area contributed by atoms with E-state index < -0.39 is 0 Å². The maximum atomic E-state index is 14.4. The summed E-state index contributed by atoms with van der Waals surface area (Å²) in [7, 11) is 0. The van der Waals surface area contributed by atoms with Crippen LogP contribution >= 0.6 is 0 Å². The fraction of sp³-hybridized carbons (Fsp3) is 0.111. The number of fused-ring (bicyclic) bond motifs is 3. The topological polar surface area (TPSA) is 72.5 Å². The molecule has 0 fully saturated rings. The van der Waals surface area contributed by atoms with E-state index in [9.17, 15) is 9.18 Å². The Morgan fingerprint density at radius 2 is 2.00 bits per heavy atom. The second kappa shape index (κ2) is 5.89. The van der Waals surface area contributed by atoms with Gasteiger partial charge in [-0.15, -0.1) is 10.2 Å². The Labute approximate surface area is 142 Å². The molecule has 0 atom stereocenters. The Morgan fingerprint density at radius 1 is 1.16 bits per heavy atom. The lowest BCUT2D eigenvalue weighted by Crippen LogP contribution is -2.09. The van der Waals surface area contributed by atoms with Crippen LogP contribution < -0.4 is 0 Å². The number of isocyanates is 1. The molecule has 7 heteroatoms. The van der Waals surface area contributed by atoms with Crippen molar-refractivity contribution in [1.82, 2.24) is 14.8 Å². The molecule has 1 aliphatic rings. The van der Waals surface area contributed by atoms with E-state index in [0.29, 0.717) is 34.2 Å². The van der Waals surface area contributed by atoms with Crippen LogP contribution in [0.3, 0.4) is 0 Å². The molecule has 0 unspecified atom stereocenters. The molecule has 0 saturated heterocycles. The summed E-state index contributed by atoms with van der Waals surface area (Å²) in [6.45, 7) is 2.11. The molecule has 0 amide bonds. The van der Waals surface area contributed by atoms with Crippen molar-refractivity contribution >= 4 is 17.5 Å². The molecule has 1 aromatic heterocycles. The summed E-state index contributed by atoms with van der Waals surface area (Å²) >= 11 is 0. The van der Waals surface area contributed by atoms with E-state index in [-0.39, 0.29) is 12.4 Å². The Hall–Kier alpha value is -3.44.